The molecule has 1 saturated heterocycles. The van der Waals surface area contributed by atoms with Crippen LogP contribution in [0.1, 0.15) is 29.2 Å². The standard InChI is InChI=1S/C24H27N5O/c1-28-22-11-5-4-10-20(22)27-23(28)16-29-12-6-7-17(15-29)14-25-24(30)21-13-18-8-2-3-9-19(18)26-21/h2-5,8-11,13,17,26H,6-7,12,14-16H2,1H3,(H,25,30). The maximum absolute atomic E-state index is 12.6. The normalized spacial score (nSPS) is 17.6. The number of amides is 1. The van der Waals surface area contributed by atoms with Gasteiger partial charge in [0.25, 0.3) is 5.91 Å². The van der Waals surface area contributed by atoms with Gasteiger partial charge in [-0.25, -0.2) is 4.98 Å². The third kappa shape index (κ3) is 3.71. The van der Waals surface area contributed by atoms with Crippen molar-refractivity contribution >= 4 is 27.8 Å². The number of aromatic amines is 1. The van der Waals surface area contributed by atoms with Crippen LogP contribution in [0.4, 0.5) is 0 Å². The Bertz CT molecular complexity index is 1160. The number of aryl methyl sites for hydroxylation is 1. The Morgan fingerprint density at radius 2 is 2.03 bits per heavy atom. The van der Waals surface area contributed by atoms with Gasteiger partial charge in [-0.1, -0.05) is 30.3 Å². The molecule has 1 amide bonds. The number of nitrogens with zero attached hydrogens (tertiary/aromatic N) is 3. The second-order valence-corrected chi connectivity index (χ2v) is 8.30. The van der Waals surface area contributed by atoms with E-state index < -0.39 is 0 Å². The molecule has 1 fully saturated rings. The Kier molecular flexibility index (Phi) is 5.01. The number of likely N-dealkylation sites (tertiary alicyclic amines) is 1. The summed E-state index contributed by atoms with van der Waals surface area (Å²) in [4.78, 5) is 23.1. The van der Waals surface area contributed by atoms with Gasteiger partial charge in [0.15, 0.2) is 0 Å². The summed E-state index contributed by atoms with van der Waals surface area (Å²) in [6.07, 6.45) is 2.29. The Morgan fingerprint density at radius 3 is 2.90 bits per heavy atom. The second-order valence-electron chi connectivity index (χ2n) is 8.30. The summed E-state index contributed by atoms with van der Waals surface area (Å²) in [6, 6.07) is 18.2. The number of nitrogens with one attached hydrogen (secondary N) is 2. The van der Waals surface area contributed by atoms with Gasteiger partial charge >= 0.3 is 0 Å². The van der Waals surface area contributed by atoms with Crippen LogP contribution in [-0.4, -0.2) is 45.0 Å². The lowest BCUT2D eigenvalue weighted by Gasteiger charge is -2.32. The number of imidazole rings is 1. The van der Waals surface area contributed by atoms with E-state index in [4.69, 9.17) is 4.98 Å². The first-order chi connectivity index (χ1) is 14.7. The average Bonchev–Trinajstić information content (AvgIpc) is 3.34. The predicted octanol–water partition coefficient (Wildman–Crippen LogP) is 3.70. The van der Waals surface area contributed by atoms with E-state index >= 15 is 0 Å². The highest BCUT2D eigenvalue weighted by Gasteiger charge is 2.22. The smallest absolute Gasteiger partial charge is 0.267 e. The summed E-state index contributed by atoms with van der Waals surface area (Å²) < 4.78 is 2.19. The highest BCUT2D eigenvalue weighted by atomic mass is 16.1. The van der Waals surface area contributed by atoms with E-state index in [-0.39, 0.29) is 5.91 Å². The Labute approximate surface area is 175 Å². The lowest BCUT2D eigenvalue weighted by molar-refractivity contribution is 0.0925. The molecule has 0 saturated carbocycles. The fraction of sp³-hybridized carbons (Fsp3) is 0.333. The lowest BCUT2D eigenvalue weighted by atomic mass is 9.98. The molecule has 2 N–H and O–H groups in total. The maximum atomic E-state index is 12.6. The molecule has 3 heterocycles. The van der Waals surface area contributed by atoms with Crippen LogP contribution in [0.3, 0.4) is 0 Å². The van der Waals surface area contributed by atoms with Crippen molar-refractivity contribution in [3.63, 3.8) is 0 Å². The van der Waals surface area contributed by atoms with Crippen LogP contribution >= 0.6 is 0 Å². The number of hydrogen-bond acceptors (Lipinski definition) is 3. The largest absolute Gasteiger partial charge is 0.351 e. The molecule has 0 spiro atoms. The van der Waals surface area contributed by atoms with Gasteiger partial charge < -0.3 is 14.9 Å². The highest BCUT2D eigenvalue weighted by molar-refractivity contribution is 5.97. The number of H-pyrrole nitrogens is 1. The van der Waals surface area contributed by atoms with Gasteiger partial charge in [-0.05, 0) is 49.6 Å². The molecular formula is C24H27N5O. The number of carbonyl (C=O) groups excluding carboxylic acids is 1. The first-order valence-corrected chi connectivity index (χ1v) is 10.7. The van der Waals surface area contributed by atoms with E-state index in [2.05, 4.69) is 45.0 Å². The molecular weight excluding hydrogens is 374 g/mol. The number of rotatable bonds is 5. The van der Waals surface area contributed by atoms with E-state index in [9.17, 15) is 4.79 Å². The fourth-order valence-electron chi connectivity index (χ4n) is 4.53. The highest BCUT2D eigenvalue weighted by Crippen LogP contribution is 2.21. The van der Waals surface area contributed by atoms with E-state index in [1.165, 1.54) is 5.52 Å². The maximum Gasteiger partial charge on any atom is 0.267 e. The van der Waals surface area contributed by atoms with Gasteiger partial charge in [0.05, 0.1) is 17.6 Å². The Balaban J connectivity index is 1.20. The van der Waals surface area contributed by atoms with E-state index in [1.807, 2.05) is 36.4 Å². The molecule has 2 aromatic heterocycles. The molecule has 0 bridgehead atoms. The van der Waals surface area contributed by atoms with Crippen LogP contribution in [0.25, 0.3) is 21.9 Å². The van der Waals surface area contributed by atoms with Crippen molar-refractivity contribution in [2.24, 2.45) is 13.0 Å². The number of benzene rings is 2. The minimum atomic E-state index is -0.0290. The number of hydrogen-bond donors (Lipinski definition) is 2. The fourth-order valence-corrected chi connectivity index (χ4v) is 4.53. The zero-order chi connectivity index (χ0) is 20.5. The van der Waals surface area contributed by atoms with E-state index in [1.54, 1.807) is 0 Å². The minimum Gasteiger partial charge on any atom is -0.351 e. The SMILES string of the molecule is Cn1c(CN2CCCC(CNC(=O)c3cc4ccccc4[nH]3)C2)nc2ccccc21. The molecule has 0 aliphatic carbocycles. The number of carbonyl (C=O) groups is 1. The number of aromatic nitrogens is 3. The number of piperidine rings is 1. The van der Waals surface area contributed by atoms with Crippen molar-refractivity contribution in [3.8, 4) is 0 Å². The Hall–Kier alpha value is -3.12. The molecule has 30 heavy (non-hydrogen) atoms. The first kappa shape index (κ1) is 18.9. The quantitative estimate of drug-likeness (QED) is 0.536. The first-order valence-electron chi connectivity index (χ1n) is 10.7. The zero-order valence-corrected chi connectivity index (χ0v) is 17.3. The van der Waals surface area contributed by atoms with Crippen molar-refractivity contribution in [2.75, 3.05) is 19.6 Å². The molecule has 1 aliphatic heterocycles. The van der Waals surface area contributed by atoms with Gasteiger partial charge in [-0.2, -0.15) is 0 Å². The summed E-state index contributed by atoms with van der Waals surface area (Å²) in [5.74, 6) is 1.53. The van der Waals surface area contributed by atoms with Crippen molar-refractivity contribution in [1.29, 1.82) is 0 Å². The van der Waals surface area contributed by atoms with Crippen molar-refractivity contribution in [3.05, 3.63) is 66.1 Å². The van der Waals surface area contributed by atoms with Gasteiger partial charge in [0.1, 0.15) is 11.5 Å². The van der Waals surface area contributed by atoms with Crippen molar-refractivity contribution in [2.45, 2.75) is 19.4 Å². The van der Waals surface area contributed by atoms with Crippen LogP contribution < -0.4 is 5.32 Å². The molecule has 4 aromatic rings. The average molecular weight is 402 g/mol. The van der Waals surface area contributed by atoms with Gasteiger partial charge in [0, 0.05) is 31.0 Å². The summed E-state index contributed by atoms with van der Waals surface area (Å²) >= 11 is 0. The summed E-state index contributed by atoms with van der Waals surface area (Å²) in [5.41, 5.74) is 3.85. The number of para-hydroxylation sites is 3. The van der Waals surface area contributed by atoms with Crippen LogP contribution in [0.15, 0.2) is 54.6 Å². The van der Waals surface area contributed by atoms with Crippen LogP contribution in [0.2, 0.25) is 0 Å². The molecule has 2 aromatic carbocycles. The molecule has 6 heteroatoms. The Morgan fingerprint density at radius 1 is 1.20 bits per heavy atom. The van der Waals surface area contributed by atoms with Crippen LogP contribution in [-0.2, 0) is 13.6 Å². The van der Waals surface area contributed by atoms with Crippen LogP contribution in [0, 0.1) is 5.92 Å². The van der Waals surface area contributed by atoms with Crippen molar-refractivity contribution < 1.29 is 4.79 Å². The topological polar surface area (TPSA) is 65.9 Å². The summed E-state index contributed by atoms with van der Waals surface area (Å²) in [5, 5.41) is 4.19. The zero-order valence-electron chi connectivity index (χ0n) is 17.3. The van der Waals surface area contributed by atoms with Crippen LogP contribution in [0.5, 0.6) is 0 Å². The second kappa shape index (κ2) is 7.95. The van der Waals surface area contributed by atoms with Gasteiger partial charge in [-0.3, -0.25) is 9.69 Å². The predicted molar refractivity (Wildman–Crippen MR) is 119 cm³/mol. The molecule has 1 atom stereocenters. The molecule has 5 rings (SSSR count). The third-order valence-corrected chi connectivity index (χ3v) is 6.17. The molecule has 1 unspecified atom stereocenters. The monoisotopic (exact) mass is 401 g/mol. The van der Waals surface area contributed by atoms with E-state index in [0.29, 0.717) is 18.2 Å². The van der Waals surface area contributed by atoms with Crippen molar-refractivity contribution in [1.82, 2.24) is 24.8 Å². The van der Waals surface area contributed by atoms with Gasteiger partial charge in [-0.15, -0.1) is 0 Å². The minimum absolute atomic E-state index is 0.0290. The summed E-state index contributed by atoms with van der Waals surface area (Å²) in [7, 11) is 2.09. The number of fused-ring (bicyclic) bond motifs is 2. The lowest BCUT2D eigenvalue weighted by Crippen LogP contribution is -2.41. The summed E-state index contributed by atoms with van der Waals surface area (Å²) in [6.45, 7) is 3.61. The molecule has 1 aliphatic rings. The third-order valence-electron chi connectivity index (χ3n) is 6.17. The van der Waals surface area contributed by atoms with E-state index in [0.717, 1.165) is 54.7 Å². The molecule has 6 nitrogen and oxygen atoms in total. The van der Waals surface area contributed by atoms with Gasteiger partial charge in [0.2, 0.25) is 0 Å². The molecule has 0 radical (unpaired) electrons. The molecule has 154 valence electrons.